The molecule has 1 saturated heterocycles. The minimum absolute atomic E-state index is 0.0267. The Hall–Kier alpha value is -3.22. The fraction of sp³-hybridized carbons (Fsp3) is 0.364. The molecular weight excluding hydrogens is 368 g/mol. The number of amides is 3. The van der Waals surface area contributed by atoms with E-state index in [1.165, 1.54) is 0 Å². The molecule has 1 atom stereocenters. The van der Waals surface area contributed by atoms with E-state index in [9.17, 15) is 9.59 Å². The lowest BCUT2D eigenvalue weighted by Gasteiger charge is -2.25. The van der Waals surface area contributed by atoms with Gasteiger partial charge in [-0.1, -0.05) is 24.3 Å². The van der Waals surface area contributed by atoms with E-state index in [0.717, 1.165) is 29.7 Å². The predicted molar refractivity (Wildman–Crippen MR) is 112 cm³/mol. The molecule has 2 aromatic rings. The van der Waals surface area contributed by atoms with Gasteiger partial charge in [0.1, 0.15) is 5.75 Å². The highest BCUT2D eigenvalue weighted by Gasteiger charge is 2.29. The van der Waals surface area contributed by atoms with Crippen LogP contribution in [0.5, 0.6) is 5.75 Å². The van der Waals surface area contributed by atoms with Crippen molar-refractivity contribution in [2.75, 3.05) is 25.4 Å². The van der Waals surface area contributed by atoms with Gasteiger partial charge in [0.25, 0.3) is 0 Å². The summed E-state index contributed by atoms with van der Waals surface area (Å²) >= 11 is 0. The summed E-state index contributed by atoms with van der Waals surface area (Å²) in [6.45, 7) is 3.62. The number of carbonyl (C=O) groups is 2. The SMILES string of the molecule is CCOc1ccc(C2CCCN2C(=O)CNC(=O)NCc2ccc(N)cc2)cc1. The third kappa shape index (κ3) is 5.63. The van der Waals surface area contributed by atoms with Gasteiger partial charge in [0.15, 0.2) is 0 Å². The molecule has 1 aliphatic rings. The number of nitrogens with zero attached hydrogens (tertiary/aromatic N) is 1. The molecule has 7 nitrogen and oxygen atoms in total. The van der Waals surface area contributed by atoms with Gasteiger partial charge in [-0.2, -0.15) is 0 Å². The van der Waals surface area contributed by atoms with Crippen LogP contribution in [0.25, 0.3) is 0 Å². The van der Waals surface area contributed by atoms with E-state index in [2.05, 4.69) is 10.6 Å². The number of nitrogen functional groups attached to an aromatic ring is 1. The average molecular weight is 396 g/mol. The van der Waals surface area contributed by atoms with Gasteiger partial charge in [0, 0.05) is 18.8 Å². The van der Waals surface area contributed by atoms with Crippen LogP contribution in [0.15, 0.2) is 48.5 Å². The van der Waals surface area contributed by atoms with Crippen LogP contribution in [0.2, 0.25) is 0 Å². The maximum Gasteiger partial charge on any atom is 0.315 e. The quantitative estimate of drug-likeness (QED) is 0.627. The zero-order chi connectivity index (χ0) is 20.6. The van der Waals surface area contributed by atoms with Crippen molar-refractivity contribution in [3.8, 4) is 5.75 Å². The number of benzene rings is 2. The summed E-state index contributed by atoms with van der Waals surface area (Å²) in [5.41, 5.74) is 8.36. The number of rotatable bonds is 7. The van der Waals surface area contributed by atoms with Gasteiger partial charge in [0.2, 0.25) is 5.91 Å². The Morgan fingerprint density at radius 3 is 2.52 bits per heavy atom. The first-order valence-electron chi connectivity index (χ1n) is 9.95. The number of hydrogen-bond donors (Lipinski definition) is 3. The molecule has 0 bridgehead atoms. The monoisotopic (exact) mass is 396 g/mol. The van der Waals surface area contributed by atoms with Gasteiger partial charge in [-0.15, -0.1) is 0 Å². The Balaban J connectivity index is 1.48. The number of anilines is 1. The molecule has 3 rings (SSSR count). The molecule has 4 N–H and O–H groups in total. The Morgan fingerprint density at radius 2 is 1.83 bits per heavy atom. The van der Waals surface area contributed by atoms with Crippen LogP contribution in [0.1, 0.15) is 36.9 Å². The number of likely N-dealkylation sites (tertiary alicyclic amines) is 1. The van der Waals surface area contributed by atoms with Crippen molar-refractivity contribution < 1.29 is 14.3 Å². The van der Waals surface area contributed by atoms with Crippen molar-refractivity contribution in [1.29, 1.82) is 0 Å². The molecular formula is C22H28N4O3. The second-order valence-electron chi connectivity index (χ2n) is 7.03. The first-order chi connectivity index (χ1) is 14.1. The first-order valence-corrected chi connectivity index (χ1v) is 9.95. The number of ether oxygens (including phenoxy) is 1. The second kappa shape index (κ2) is 9.82. The molecule has 1 fully saturated rings. The summed E-state index contributed by atoms with van der Waals surface area (Å²) in [5, 5.41) is 5.40. The van der Waals surface area contributed by atoms with E-state index < -0.39 is 0 Å². The second-order valence-corrected chi connectivity index (χ2v) is 7.03. The van der Waals surface area contributed by atoms with Crippen molar-refractivity contribution >= 4 is 17.6 Å². The number of nitrogens with one attached hydrogen (secondary N) is 2. The number of nitrogens with two attached hydrogens (primary N) is 1. The summed E-state index contributed by atoms with van der Waals surface area (Å²) in [7, 11) is 0. The van der Waals surface area contributed by atoms with E-state index in [0.29, 0.717) is 25.4 Å². The lowest BCUT2D eigenvalue weighted by Crippen LogP contribution is -2.43. The summed E-state index contributed by atoms with van der Waals surface area (Å²) in [4.78, 5) is 26.5. The molecule has 154 valence electrons. The molecule has 7 heteroatoms. The summed E-state index contributed by atoms with van der Waals surface area (Å²) in [5.74, 6) is 0.746. The molecule has 0 aromatic heterocycles. The molecule has 0 spiro atoms. The molecule has 0 saturated carbocycles. The summed E-state index contributed by atoms with van der Waals surface area (Å²) in [6, 6.07) is 14.8. The first kappa shape index (κ1) is 20.5. The molecule has 1 heterocycles. The lowest BCUT2D eigenvalue weighted by atomic mass is 10.0. The third-order valence-electron chi connectivity index (χ3n) is 4.98. The molecule has 2 aromatic carbocycles. The fourth-order valence-electron chi connectivity index (χ4n) is 3.50. The van der Waals surface area contributed by atoms with Crippen LogP contribution in [0.4, 0.5) is 10.5 Å². The highest BCUT2D eigenvalue weighted by Crippen LogP contribution is 2.32. The zero-order valence-electron chi connectivity index (χ0n) is 16.7. The standard InChI is InChI=1S/C22H28N4O3/c1-2-29-19-11-7-17(8-12-19)20-4-3-13-26(20)21(27)15-25-22(28)24-14-16-5-9-18(23)10-6-16/h5-12,20H,2-4,13-15,23H2,1H3,(H2,24,25,28). The Labute approximate surface area is 171 Å². The normalized spacial score (nSPS) is 15.8. The molecule has 0 aliphatic carbocycles. The van der Waals surface area contributed by atoms with E-state index in [1.807, 2.05) is 48.2 Å². The molecule has 0 radical (unpaired) electrons. The van der Waals surface area contributed by atoms with Crippen molar-refractivity contribution in [2.45, 2.75) is 32.4 Å². The Kier molecular flexibility index (Phi) is 6.94. The van der Waals surface area contributed by atoms with E-state index >= 15 is 0 Å². The van der Waals surface area contributed by atoms with Crippen molar-refractivity contribution in [2.24, 2.45) is 0 Å². The average Bonchev–Trinajstić information content (AvgIpc) is 3.22. The van der Waals surface area contributed by atoms with E-state index in [-0.39, 0.29) is 24.5 Å². The van der Waals surface area contributed by atoms with Crippen LogP contribution in [-0.4, -0.2) is 36.5 Å². The minimum Gasteiger partial charge on any atom is -0.494 e. The van der Waals surface area contributed by atoms with Crippen molar-refractivity contribution in [3.05, 3.63) is 59.7 Å². The topological polar surface area (TPSA) is 96.7 Å². The van der Waals surface area contributed by atoms with Gasteiger partial charge in [-0.25, -0.2) is 4.79 Å². The van der Waals surface area contributed by atoms with Gasteiger partial charge >= 0.3 is 6.03 Å². The predicted octanol–water partition coefficient (Wildman–Crippen LogP) is 2.83. The Bertz CT molecular complexity index is 821. The molecule has 3 amide bonds. The van der Waals surface area contributed by atoms with Crippen LogP contribution < -0.4 is 21.1 Å². The summed E-state index contributed by atoms with van der Waals surface area (Å²) < 4.78 is 5.48. The number of urea groups is 1. The van der Waals surface area contributed by atoms with Gasteiger partial charge in [-0.3, -0.25) is 4.79 Å². The maximum absolute atomic E-state index is 12.7. The fourth-order valence-corrected chi connectivity index (χ4v) is 3.50. The number of carbonyl (C=O) groups excluding carboxylic acids is 2. The Morgan fingerprint density at radius 1 is 1.10 bits per heavy atom. The number of hydrogen-bond acceptors (Lipinski definition) is 4. The molecule has 1 unspecified atom stereocenters. The molecule has 29 heavy (non-hydrogen) atoms. The van der Waals surface area contributed by atoms with Crippen molar-refractivity contribution in [3.63, 3.8) is 0 Å². The highest BCUT2D eigenvalue weighted by atomic mass is 16.5. The maximum atomic E-state index is 12.7. The van der Waals surface area contributed by atoms with Crippen molar-refractivity contribution in [1.82, 2.24) is 15.5 Å². The zero-order valence-corrected chi connectivity index (χ0v) is 16.7. The smallest absolute Gasteiger partial charge is 0.315 e. The minimum atomic E-state index is -0.369. The lowest BCUT2D eigenvalue weighted by molar-refractivity contribution is -0.131. The van der Waals surface area contributed by atoms with E-state index in [1.54, 1.807) is 12.1 Å². The van der Waals surface area contributed by atoms with Crippen LogP contribution >= 0.6 is 0 Å². The van der Waals surface area contributed by atoms with Crippen LogP contribution in [-0.2, 0) is 11.3 Å². The van der Waals surface area contributed by atoms with Crippen LogP contribution in [0, 0.1) is 0 Å². The van der Waals surface area contributed by atoms with Gasteiger partial charge in [0.05, 0.1) is 19.2 Å². The molecule has 1 aliphatic heterocycles. The van der Waals surface area contributed by atoms with Gasteiger partial charge < -0.3 is 26.0 Å². The van der Waals surface area contributed by atoms with E-state index in [4.69, 9.17) is 10.5 Å². The van der Waals surface area contributed by atoms with Gasteiger partial charge in [-0.05, 0) is 55.2 Å². The largest absolute Gasteiger partial charge is 0.494 e. The summed E-state index contributed by atoms with van der Waals surface area (Å²) in [6.07, 6.45) is 1.87. The van der Waals surface area contributed by atoms with Crippen LogP contribution in [0.3, 0.4) is 0 Å². The third-order valence-corrected chi connectivity index (χ3v) is 4.98. The highest BCUT2D eigenvalue weighted by molar-refractivity contribution is 5.84.